The molecule has 7 atom stereocenters. The molecule has 4 rings (SSSR count). The van der Waals surface area contributed by atoms with Gasteiger partial charge in [-0.3, -0.25) is 9.63 Å². The first kappa shape index (κ1) is 11.0. The van der Waals surface area contributed by atoms with Gasteiger partial charge < -0.3 is 0 Å². The summed E-state index contributed by atoms with van der Waals surface area (Å²) < 4.78 is 0. The first-order valence-corrected chi connectivity index (χ1v) is 7.39. The highest BCUT2D eigenvalue weighted by Gasteiger charge is 2.62. The Balaban J connectivity index is 1.52. The highest BCUT2D eigenvalue weighted by molar-refractivity contribution is 5.78. The quantitative estimate of drug-likeness (QED) is 0.471. The first-order chi connectivity index (χ1) is 8.79. The molecule has 0 spiro atoms. The third-order valence-corrected chi connectivity index (χ3v) is 5.92. The lowest BCUT2D eigenvalue weighted by molar-refractivity contribution is -0.140. The number of hydroxylamine groups is 1. The van der Waals surface area contributed by atoms with Crippen molar-refractivity contribution in [2.45, 2.75) is 26.2 Å². The van der Waals surface area contributed by atoms with Crippen molar-refractivity contribution in [1.82, 2.24) is 5.48 Å². The molecule has 3 fully saturated rings. The molecule has 0 saturated heterocycles. The number of hydrogen-bond donors (Lipinski definition) is 1. The summed E-state index contributed by atoms with van der Waals surface area (Å²) in [6, 6.07) is 0. The minimum Gasteiger partial charge on any atom is -0.274 e. The van der Waals surface area contributed by atoms with Crippen molar-refractivity contribution in [3.63, 3.8) is 0 Å². The molecule has 3 nitrogen and oxygen atoms in total. The molecule has 4 aliphatic rings. The van der Waals surface area contributed by atoms with Crippen LogP contribution in [0.15, 0.2) is 12.2 Å². The standard InChI is InChI=1S/C15H21NO2/c1-2-18-16-15(17)12-7-10-6-11(12)14-9-4-3-8(5-9)13(10)14/h3-4,8-14H,2,5-7H2,1H3,(H,16,17). The molecule has 4 bridgehead atoms. The van der Waals surface area contributed by atoms with Crippen molar-refractivity contribution in [2.75, 3.05) is 6.61 Å². The Labute approximate surface area is 108 Å². The van der Waals surface area contributed by atoms with Crippen LogP contribution in [-0.4, -0.2) is 12.5 Å². The van der Waals surface area contributed by atoms with E-state index in [-0.39, 0.29) is 11.8 Å². The smallest absolute Gasteiger partial charge is 0.246 e. The van der Waals surface area contributed by atoms with Crippen LogP contribution in [0.2, 0.25) is 0 Å². The second-order valence-corrected chi connectivity index (χ2v) is 6.50. The van der Waals surface area contributed by atoms with Crippen molar-refractivity contribution in [3.8, 4) is 0 Å². The van der Waals surface area contributed by atoms with Crippen LogP contribution >= 0.6 is 0 Å². The van der Waals surface area contributed by atoms with E-state index in [1.807, 2.05) is 6.92 Å². The van der Waals surface area contributed by atoms with E-state index < -0.39 is 0 Å². The van der Waals surface area contributed by atoms with E-state index in [1.54, 1.807) is 0 Å². The summed E-state index contributed by atoms with van der Waals surface area (Å²) in [5.74, 6) is 5.10. The van der Waals surface area contributed by atoms with Gasteiger partial charge in [-0.1, -0.05) is 12.2 Å². The van der Waals surface area contributed by atoms with Gasteiger partial charge in [-0.15, -0.1) is 0 Å². The predicted octanol–water partition coefficient (Wildman–Crippen LogP) is 2.15. The number of carbonyl (C=O) groups is 1. The van der Waals surface area contributed by atoms with E-state index >= 15 is 0 Å². The molecule has 0 aromatic heterocycles. The molecular formula is C15H21NO2. The summed E-state index contributed by atoms with van der Waals surface area (Å²) in [7, 11) is 0. The van der Waals surface area contributed by atoms with Gasteiger partial charge in [0.1, 0.15) is 0 Å². The Morgan fingerprint density at radius 3 is 2.78 bits per heavy atom. The fraction of sp³-hybridized carbons (Fsp3) is 0.800. The topological polar surface area (TPSA) is 38.3 Å². The molecule has 1 N–H and O–H groups in total. The second kappa shape index (κ2) is 3.83. The molecular weight excluding hydrogens is 226 g/mol. The van der Waals surface area contributed by atoms with Crippen molar-refractivity contribution < 1.29 is 9.63 Å². The monoisotopic (exact) mass is 247 g/mol. The highest BCUT2D eigenvalue weighted by Crippen LogP contribution is 2.66. The SMILES string of the molecule is CCONC(=O)C1CC2CC1C1C3C=CC(C3)C21. The van der Waals surface area contributed by atoms with E-state index in [9.17, 15) is 4.79 Å². The number of nitrogens with one attached hydrogen (secondary N) is 1. The van der Waals surface area contributed by atoms with Crippen LogP contribution < -0.4 is 5.48 Å². The van der Waals surface area contributed by atoms with Crippen LogP contribution in [0.1, 0.15) is 26.2 Å². The van der Waals surface area contributed by atoms with Gasteiger partial charge in [0.2, 0.25) is 5.91 Å². The molecule has 0 heterocycles. The summed E-state index contributed by atoms with van der Waals surface area (Å²) >= 11 is 0. The molecule has 0 aliphatic heterocycles. The molecule has 0 aromatic rings. The van der Waals surface area contributed by atoms with Gasteiger partial charge in [0.15, 0.2) is 0 Å². The maximum atomic E-state index is 12.1. The lowest BCUT2D eigenvalue weighted by Gasteiger charge is -2.35. The summed E-state index contributed by atoms with van der Waals surface area (Å²) in [6.45, 7) is 2.45. The van der Waals surface area contributed by atoms with Gasteiger partial charge in [0.05, 0.1) is 6.61 Å². The zero-order valence-electron chi connectivity index (χ0n) is 10.8. The zero-order chi connectivity index (χ0) is 12.3. The number of hydrogen-bond acceptors (Lipinski definition) is 2. The lowest BCUT2D eigenvalue weighted by atomic mass is 9.69. The molecule has 4 aliphatic carbocycles. The Bertz CT molecular complexity index is 405. The maximum absolute atomic E-state index is 12.1. The maximum Gasteiger partial charge on any atom is 0.246 e. The largest absolute Gasteiger partial charge is 0.274 e. The molecule has 7 unspecified atom stereocenters. The van der Waals surface area contributed by atoms with Gasteiger partial charge in [-0.25, -0.2) is 5.48 Å². The van der Waals surface area contributed by atoms with E-state index in [4.69, 9.17) is 4.84 Å². The Morgan fingerprint density at radius 2 is 2.00 bits per heavy atom. The van der Waals surface area contributed by atoms with Crippen molar-refractivity contribution in [1.29, 1.82) is 0 Å². The third kappa shape index (κ3) is 1.31. The van der Waals surface area contributed by atoms with Gasteiger partial charge in [0.25, 0.3) is 0 Å². The van der Waals surface area contributed by atoms with Crippen molar-refractivity contribution in [3.05, 3.63) is 12.2 Å². The molecule has 3 saturated carbocycles. The Kier molecular flexibility index (Phi) is 2.35. The van der Waals surface area contributed by atoms with E-state index in [0.717, 1.165) is 36.0 Å². The van der Waals surface area contributed by atoms with Crippen LogP contribution in [0, 0.1) is 41.4 Å². The van der Waals surface area contributed by atoms with Crippen LogP contribution in [0.3, 0.4) is 0 Å². The molecule has 0 aromatic carbocycles. The molecule has 18 heavy (non-hydrogen) atoms. The van der Waals surface area contributed by atoms with Gasteiger partial charge in [-0.2, -0.15) is 0 Å². The lowest BCUT2D eigenvalue weighted by Crippen LogP contribution is -2.39. The second-order valence-electron chi connectivity index (χ2n) is 6.50. The Hall–Kier alpha value is -0.830. The number of rotatable bonds is 3. The summed E-state index contributed by atoms with van der Waals surface area (Å²) in [6.07, 6.45) is 8.62. The van der Waals surface area contributed by atoms with Crippen molar-refractivity contribution >= 4 is 5.91 Å². The molecule has 98 valence electrons. The number of amides is 1. The highest BCUT2D eigenvalue weighted by atomic mass is 16.6. The van der Waals surface area contributed by atoms with Crippen LogP contribution in [0.25, 0.3) is 0 Å². The predicted molar refractivity (Wildman–Crippen MR) is 67.2 cm³/mol. The van der Waals surface area contributed by atoms with Gasteiger partial charge >= 0.3 is 0 Å². The van der Waals surface area contributed by atoms with Crippen molar-refractivity contribution in [2.24, 2.45) is 41.4 Å². The van der Waals surface area contributed by atoms with E-state index in [0.29, 0.717) is 12.5 Å². The minimum absolute atomic E-state index is 0.134. The summed E-state index contributed by atoms with van der Waals surface area (Å²) in [4.78, 5) is 17.2. The van der Waals surface area contributed by atoms with Crippen LogP contribution in [0.5, 0.6) is 0 Å². The van der Waals surface area contributed by atoms with E-state index in [1.165, 1.54) is 12.8 Å². The fourth-order valence-corrected chi connectivity index (χ4v) is 5.54. The average molecular weight is 247 g/mol. The number of allylic oxidation sites excluding steroid dienone is 2. The summed E-state index contributed by atoms with van der Waals surface area (Å²) in [5, 5.41) is 0. The Morgan fingerprint density at radius 1 is 1.22 bits per heavy atom. The number of carbonyl (C=O) groups excluding carboxylic acids is 1. The van der Waals surface area contributed by atoms with Crippen LogP contribution in [-0.2, 0) is 9.63 Å². The third-order valence-electron chi connectivity index (χ3n) is 5.92. The summed E-state index contributed by atoms with van der Waals surface area (Å²) in [5.41, 5.74) is 2.63. The van der Waals surface area contributed by atoms with Gasteiger partial charge in [-0.05, 0) is 61.7 Å². The fourth-order valence-electron chi connectivity index (χ4n) is 5.54. The first-order valence-electron chi connectivity index (χ1n) is 7.39. The van der Waals surface area contributed by atoms with Crippen LogP contribution in [0.4, 0.5) is 0 Å². The molecule has 3 heteroatoms. The number of fused-ring (bicyclic) bond motifs is 9. The average Bonchev–Trinajstić information content (AvgIpc) is 3.10. The van der Waals surface area contributed by atoms with E-state index in [2.05, 4.69) is 17.6 Å². The minimum atomic E-state index is 0.134. The normalized spacial score (nSPS) is 50.8. The van der Waals surface area contributed by atoms with Gasteiger partial charge in [0, 0.05) is 5.92 Å². The molecule has 1 amide bonds. The zero-order valence-corrected chi connectivity index (χ0v) is 10.8. The molecule has 0 radical (unpaired) electrons.